The van der Waals surface area contributed by atoms with Crippen molar-refractivity contribution in [1.29, 1.82) is 0 Å². The van der Waals surface area contributed by atoms with Gasteiger partial charge in [0.15, 0.2) is 17.3 Å². The lowest BCUT2D eigenvalue weighted by molar-refractivity contribution is -0.129. The van der Waals surface area contributed by atoms with E-state index in [0.717, 1.165) is 0 Å². The first kappa shape index (κ1) is 12.8. The van der Waals surface area contributed by atoms with Crippen molar-refractivity contribution in [1.82, 2.24) is 5.32 Å². The monoisotopic (exact) mass is 261 g/mol. The van der Waals surface area contributed by atoms with Crippen molar-refractivity contribution in [3.8, 4) is 11.5 Å². The molecule has 0 aliphatic carbocycles. The highest BCUT2D eigenvalue weighted by molar-refractivity contribution is 6.17. The van der Waals surface area contributed by atoms with Crippen LogP contribution in [-0.2, 0) is 14.4 Å². The highest BCUT2D eigenvalue weighted by atomic mass is 16.3. The lowest BCUT2D eigenvalue weighted by atomic mass is 10.0. The molecule has 2 rings (SSSR count). The minimum atomic E-state index is -0.977. The molecular formula is C13H11NO5. The van der Waals surface area contributed by atoms with Crippen LogP contribution in [0.2, 0.25) is 0 Å². The molecule has 19 heavy (non-hydrogen) atoms. The van der Waals surface area contributed by atoms with Crippen LogP contribution in [0.1, 0.15) is 12.0 Å². The van der Waals surface area contributed by atoms with Crippen molar-refractivity contribution < 1.29 is 24.6 Å². The summed E-state index contributed by atoms with van der Waals surface area (Å²) in [4.78, 5) is 33.9. The van der Waals surface area contributed by atoms with E-state index in [4.69, 9.17) is 5.11 Å². The Morgan fingerprint density at radius 2 is 2.00 bits per heavy atom. The van der Waals surface area contributed by atoms with Gasteiger partial charge < -0.3 is 10.2 Å². The van der Waals surface area contributed by atoms with Crippen LogP contribution in [0.25, 0.3) is 6.08 Å². The predicted octanol–water partition coefficient (Wildman–Crippen LogP) is 0.343. The number of hydrogen-bond donors (Lipinski definition) is 3. The fourth-order valence-electron chi connectivity index (χ4n) is 1.72. The van der Waals surface area contributed by atoms with E-state index in [1.165, 1.54) is 30.4 Å². The molecule has 1 aliphatic rings. The predicted molar refractivity (Wildman–Crippen MR) is 65.1 cm³/mol. The first-order valence-electron chi connectivity index (χ1n) is 5.55. The van der Waals surface area contributed by atoms with Crippen LogP contribution in [0, 0.1) is 5.92 Å². The molecule has 1 aliphatic heterocycles. The Hall–Kier alpha value is -2.63. The number of carbonyl (C=O) groups is 3. The zero-order valence-electron chi connectivity index (χ0n) is 9.79. The Kier molecular flexibility index (Phi) is 3.33. The van der Waals surface area contributed by atoms with E-state index in [0.29, 0.717) is 5.56 Å². The third-order valence-corrected chi connectivity index (χ3v) is 2.75. The summed E-state index contributed by atoms with van der Waals surface area (Å²) in [6.45, 7) is 0. The number of allylic oxidation sites excluding steroid dienone is 1. The molecule has 1 saturated heterocycles. The van der Waals surface area contributed by atoms with Gasteiger partial charge in [-0.2, -0.15) is 0 Å². The summed E-state index contributed by atoms with van der Waals surface area (Å²) in [7, 11) is 0. The number of hydrogen-bond acceptors (Lipinski definition) is 5. The van der Waals surface area contributed by atoms with Crippen LogP contribution in [-0.4, -0.2) is 27.8 Å². The molecule has 1 unspecified atom stereocenters. The molecule has 1 atom stereocenters. The molecule has 6 heteroatoms. The largest absolute Gasteiger partial charge is 0.504 e. The molecule has 98 valence electrons. The van der Waals surface area contributed by atoms with E-state index in [9.17, 15) is 19.5 Å². The van der Waals surface area contributed by atoms with Crippen LogP contribution >= 0.6 is 0 Å². The number of carbonyl (C=O) groups excluding carboxylic acids is 3. The average Bonchev–Trinajstić information content (AvgIpc) is 2.70. The van der Waals surface area contributed by atoms with Gasteiger partial charge in [-0.3, -0.25) is 19.7 Å². The Morgan fingerprint density at radius 1 is 1.26 bits per heavy atom. The number of ketones is 1. The number of benzene rings is 1. The normalized spacial score (nSPS) is 18.8. The summed E-state index contributed by atoms with van der Waals surface area (Å²) in [5, 5.41) is 20.5. The first-order valence-corrected chi connectivity index (χ1v) is 5.55. The maximum absolute atomic E-state index is 11.7. The molecule has 6 nitrogen and oxygen atoms in total. The molecule has 0 spiro atoms. The molecule has 0 saturated carbocycles. The van der Waals surface area contributed by atoms with Crippen molar-refractivity contribution in [2.75, 3.05) is 0 Å². The van der Waals surface area contributed by atoms with Gasteiger partial charge in [0, 0.05) is 6.42 Å². The van der Waals surface area contributed by atoms with Crippen LogP contribution in [0.15, 0.2) is 24.3 Å². The fourth-order valence-corrected chi connectivity index (χ4v) is 1.72. The minimum absolute atomic E-state index is 0.136. The summed E-state index contributed by atoms with van der Waals surface area (Å²) in [6.07, 6.45) is 2.44. The van der Waals surface area contributed by atoms with Crippen LogP contribution < -0.4 is 5.32 Å². The van der Waals surface area contributed by atoms with Gasteiger partial charge in [0.1, 0.15) is 5.92 Å². The molecule has 1 fully saturated rings. The number of imide groups is 1. The molecular weight excluding hydrogens is 250 g/mol. The van der Waals surface area contributed by atoms with Crippen LogP contribution in [0.5, 0.6) is 11.5 Å². The second-order valence-corrected chi connectivity index (χ2v) is 4.15. The van der Waals surface area contributed by atoms with Gasteiger partial charge in [-0.05, 0) is 23.8 Å². The Morgan fingerprint density at radius 3 is 2.58 bits per heavy atom. The molecule has 1 aromatic carbocycles. The smallest absolute Gasteiger partial charge is 0.238 e. The van der Waals surface area contributed by atoms with Gasteiger partial charge in [0.05, 0.1) is 0 Å². The van der Waals surface area contributed by atoms with Gasteiger partial charge in [0.25, 0.3) is 0 Å². The van der Waals surface area contributed by atoms with Gasteiger partial charge in [-0.25, -0.2) is 0 Å². The van der Waals surface area contributed by atoms with Crippen molar-refractivity contribution >= 4 is 23.7 Å². The zero-order valence-corrected chi connectivity index (χ0v) is 9.79. The van der Waals surface area contributed by atoms with Gasteiger partial charge >= 0.3 is 0 Å². The SMILES string of the molecule is O=C1CC(C(=O)C=Cc2ccc(O)c(O)c2)C(=O)N1. The van der Waals surface area contributed by atoms with Crippen molar-refractivity contribution in [2.45, 2.75) is 6.42 Å². The number of phenolic OH excluding ortho intramolecular Hbond substituents is 2. The quantitative estimate of drug-likeness (QED) is 0.315. The van der Waals surface area contributed by atoms with Gasteiger partial charge in [-0.1, -0.05) is 12.1 Å². The third-order valence-electron chi connectivity index (χ3n) is 2.75. The van der Waals surface area contributed by atoms with Gasteiger partial charge in [0.2, 0.25) is 11.8 Å². The van der Waals surface area contributed by atoms with Crippen molar-refractivity contribution in [3.63, 3.8) is 0 Å². The second kappa shape index (κ2) is 4.93. The maximum Gasteiger partial charge on any atom is 0.238 e. The molecule has 0 bridgehead atoms. The number of phenols is 2. The molecule has 1 heterocycles. The van der Waals surface area contributed by atoms with E-state index in [1.54, 1.807) is 0 Å². The highest BCUT2D eigenvalue weighted by Crippen LogP contribution is 2.25. The number of nitrogens with one attached hydrogen (secondary N) is 1. The Bertz CT molecular complexity index is 591. The number of amides is 2. The topological polar surface area (TPSA) is 104 Å². The molecule has 2 amide bonds. The van der Waals surface area contributed by atoms with E-state index < -0.39 is 23.5 Å². The fraction of sp³-hybridized carbons (Fsp3) is 0.154. The van der Waals surface area contributed by atoms with Crippen molar-refractivity contribution in [3.05, 3.63) is 29.8 Å². The highest BCUT2D eigenvalue weighted by Gasteiger charge is 2.34. The van der Waals surface area contributed by atoms with Crippen molar-refractivity contribution in [2.24, 2.45) is 5.92 Å². The standard InChI is InChI=1S/C13H11NO5/c15-9(8-6-12(18)14-13(8)19)3-1-7-2-4-10(16)11(17)5-7/h1-5,8,16-17H,6H2,(H,14,18,19). The van der Waals surface area contributed by atoms with Crippen LogP contribution in [0.4, 0.5) is 0 Å². The summed E-state index contributed by atoms with van der Waals surface area (Å²) in [6, 6.07) is 4.06. The summed E-state index contributed by atoms with van der Waals surface area (Å²) in [5.41, 5.74) is 0.494. The lowest BCUT2D eigenvalue weighted by Gasteiger charge is -2.00. The van der Waals surface area contributed by atoms with Crippen LogP contribution in [0.3, 0.4) is 0 Å². The third kappa shape index (κ3) is 2.79. The Labute approximate surface area is 108 Å². The van der Waals surface area contributed by atoms with E-state index in [1.807, 2.05) is 0 Å². The summed E-state index contributed by atoms with van der Waals surface area (Å²) >= 11 is 0. The minimum Gasteiger partial charge on any atom is -0.504 e. The lowest BCUT2D eigenvalue weighted by Crippen LogP contribution is -2.25. The van der Waals surface area contributed by atoms with E-state index in [-0.39, 0.29) is 17.9 Å². The number of aromatic hydroxyl groups is 2. The second-order valence-electron chi connectivity index (χ2n) is 4.15. The van der Waals surface area contributed by atoms with Gasteiger partial charge in [-0.15, -0.1) is 0 Å². The number of rotatable bonds is 3. The summed E-state index contributed by atoms with van der Waals surface area (Å²) in [5.74, 6) is -3.06. The average molecular weight is 261 g/mol. The van der Waals surface area contributed by atoms with E-state index in [2.05, 4.69) is 5.32 Å². The van der Waals surface area contributed by atoms with E-state index >= 15 is 0 Å². The maximum atomic E-state index is 11.7. The first-order chi connectivity index (χ1) is 8.97. The summed E-state index contributed by atoms with van der Waals surface area (Å²) < 4.78 is 0. The molecule has 1 aromatic rings. The Balaban J connectivity index is 2.10. The molecule has 0 aromatic heterocycles. The molecule has 3 N–H and O–H groups in total. The zero-order chi connectivity index (χ0) is 14.0. The molecule has 0 radical (unpaired) electrons.